The van der Waals surface area contributed by atoms with E-state index in [9.17, 15) is 30.4 Å². The molecule has 216 valence electrons. The molecule has 41 heavy (non-hydrogen) atoms. The number of aromatic nitrogens is 2. The predicted molar refractivity (Wildman–Crippen MR) is 144 cm³/mol. The average Bonchev–Trinajstić information content (AvgIpc) is 3.30. The van der Waals surface area contributed by atoms with Crippen LogP contribution in [0.2, 0.25) is 0 Å². The Morgan fingerprint density at radius 3 is 2.24 bits per heavy atom. The van der Waals surface area contributed by atoms with Gasteiger partial charge in [0.1, 0.15) is 11.4 Å². The van der Waals surface area contributed by atoms with Crippen LogP contribution in [0.3, 0.4) is 0 Å². The zero-order chi connectivity index (χ0) is 30.1. The molecule has 0 spiro atoms. The molecule has 4 aromatic rings. The van der Waals surface area contributed by atoms with Crippen molar-refractivity contribution in [1.82, 2.24) is 9.78 Å². The number of hydrogen-bond acceptors (Lipinski definition) is 7. The van der Waals surface area contributed by atoms with Gasteiger partial charge in [-0.15, -0.1) is 13.2 Å². The molecule has 0 bridgehead atoms. The van der Waals surface area contributed by atoms with Gasteiger partial charge in [0.25, 0.3) is 6.43 Å². The molecule has 0 aliphatic heterocycles. The second-order valence-electron chi connectivity index (χ2n) is 8.90. The van der Waals surface area contributed by atoms with E-state index in [1.54, 1.807) is 30.3 Å². The van der Waals surface area contributed by atoms with Crippen molar-refractivity contribution < 1.29 is 35.1 Å². The Labute approximate surface area is 232 Å². The van der Waals surface area contributed by atoms with Crippen LogP contribution in [0.5, 0.6) is 5.75 Å². The summed E-state index contributed by atoms with van der Waals surface area (Å²) in [6, 6.07) is 17.1. The Hall–Kier alpha value is -4.43. The third-order valence-electron chi connectivity index (χ3n) is 6.05. The highest BCUT2D eigenvalue weighted by Crippen LogP contribution is 2.38. The van der Waals surface area contributed by atoms with E-state index in [1.807, 2.05) is 0 Å². The minimum atomic E-state index is -4.88. The average molecular weight is 594 g/mol. The first-order valence-corrected chi connectivity index (χ1v) is 13.7. The molecule has 0 unspecified atom stereocenters. The first kappa shape index (κ1) is 29.6. The summed E-state index contributed by atoms with van der Waals surface area (Å²) in [5.74, 6) is 6.07. The molecule has 14 heteroatoms. The molecule has 4 N–H and O–H groups in total. The van der Waals surface area contributed by atoms with Gasteiger partial charge in [-0.2, -0.15) is 5.10 Å². The van der Waals surface area contributed by atoms with Crippen molar-refractivity contribution in [3.05, 3.63) is 90.3 Å². The standard InChI is InChI=1S/C27H24F5N5O3S/c1-36-23(14-22(35-36)26(28)29)21-11-8-18(17-4-3-5-20(12-17)41(2,38)39)13-24(21)37(34)25(15-33)16-6-9-19(10-7-16)40-27(30,31)32/h3-15,26H,33-34H2,1-2H3/b25-15-. The maximum Gasteiger partial charge on any atom is 0.573 e. The molecule has 1 heterocycles. The van der Waals surface area contributed by atoms with E-state index in [1.165, 1.54) is 42.1 Å². The van der Waals surface area contributed by atoms with Gasteiger partial charge in [-0.05, 0) is 59.7 Å². The minimum Gasteiger partial charge on any atom is -0.406 e. The lowest BCUT2D eigenvalue weighted by molar-refractivity contribution is -0.274. The largest absolute Gasteiger partial charge is 0.573 e. The number of nitrogens with two attached hydrogens (primary N) is 2. The summed E-state index contributed by atoms with van der Waals surface area (Å²) in [5.41, 5.74) is 7.86. The minimum absolute atomic E-state index is 0.0853. The van der Waals surface area contributed by atoms with Gasteiger partial charge in [-0.1, -0.05) is 24.3 Å². The lowest BCUT2D eigenvalue weighted by atomic mass is 9.99. The Morgan fingerprint density at radius 2 is 1.68 bits per heavy atom. The van der Waals surface area contributed by atoms with Crippen LogP contribution in [0.4, 0.5) is 27.6 Å². The number of anilines is 1. The van der Waals surface area contributed by atoms with Gasteiger partial charge in [-0.3, -0.25) is 9.69 Å². The monoisotopic (exact) mass is 593 g/mol. The molecule has 0 atom stereocenters. The fourth-order valence-corrected chi connectivity index (χ4v) is 4.82. The molecule has 0 aliphatic carbocycles. The van der Waals surface area contributed by atoms with Gasteiger partial charge in [0.05, 0.1) is 22.0 Å². The van der Waals surface area contributed by atoms with E-state index in [4.69, 9.17) is 11.6 Å². The number of nitrogens with zero attached hydrogens (tertiary/aromatic N) is 3. The van der Waals surface area contributed by atoms with Crippen molar-refractivity contribution in [2.75, 3.05) is 11.3 Å². The molecule has 4 rings (SSSR count). The molecule has 8 nitrogen and oxygen atoms in total. The Kier molecular flexibility index (Phi) is 8.08. The molecule has 1 aromatic heterocycles. The van der Waals surface area contributed by atoms with Crippen LogP contribution in [0.25, 0.3) is 28.1 Å². The summed E-state index contributed by atoms with van der Waals surface area (Å²) in [5, 5.41) is 5.01. The highest BCUT2D eigenvalue weighted by Gasteiger charge is 2.31. The molecule has 0 aliphatic rings. The molecular weight excluding hydrogens is 569 g/mol. The van der Waals surface area contributed by atoms with Gasteiger partial charge in [0, 0.05) is 30.6 Å². The van der Waals surface area contributed by atoms with Crippen molar-refractivity contribution in [2.45, 2.75) is 17.7 Å². The van der Waals surface area contributed by atoms with Crippen LogP contribution in [0, 0.1) is 0 Å². The van der Waals surface area contributed by atoms with E-state index in [0.717, 1.165) is 29.6 Å². The number of aryl methyl sites for hydroxylation is 1. The second kappa shape index (κ2) is 11.2. The number of hydrogen-bond donors (Lipinski definition) is 2. The molecule has 0 radical (unpaired) electrons. The third-order valence-corrected chi connectivity index (χ3v) is 7.16. The fraction of sp³-hybridized carbons (Fsp3) is 0.148. The van der Waals surface area contributed by atoms with Crippen LogP contribution in [0.1, 0.15) is 17.7 Å². The van der Waals surface area contributed by atoms with Crippen molar-refractivity contribution >= 4 is 21.2 Å². The van der Waals surface area contributed by atoms with Crippen LogP contribution >= 0.6 is 0 Å². The molecule has 3 aromatic carbocycles. The molecular formula is C27H24F5N5O3S. The quantitative estimate of drug-likeness (QED) is 0.155. The Bertz CT molecular complexity index is 1700. The second-order valence-corrected chi connectivity index (χ2v) is 10.9. The number of sulfone groups is 1. The third kappa shape index (κ3) is 6.66. The summed E-state index contributed by atoms with van der Waals surface area (Å²) in [7, 11) is -2.03. The summed E-state index contributed by atoms with van der Waals surface area (Å²) in [6.45, 7) is 0. The number of hydrazine groups is 1. The smallest absolute Gasteiger partial charge is 0.406 e. The van der Waals surface area contributed by atoms with Crippen molar-refractivity contribution in [1.29, 1.82) is 0 Å². The number of benzene rings is 3. The number of alkyl halides is 5. The van der Waals surface area contributed by atoms with E-state index in [2.05, 4.69) is 9.84 Å². The normalized spacial score (nSPS) is 12.6. The van der Waals surface area contributed by atoms with E-state index < -0.39 is 34.1 Å². The zero-order valence-electron chi connectivity index (χ0n) is 21.6. The number of ether oxygens (including phenoxy) is 1. The fourth-order valence-electron chi connectivity index (χ4n) is 4.15. The van der Waals surface area contributed by atoms with Crippen LogP contribution in [-0.4, -0.2) is 30.8 Å². The summed E-state index contributed by atoms with van der Waals surface area (Å²) in [4.78, 5) is 0.0853. The first-order chi connectivity index (χ1) is 19.2. The lowest BCUT2D eigenvalue weighted by Crippen LogP contribution is -2.30. The van der Waals surface area contributed by atoms with Gasteiger partial charge in [-0.25, -0.2) is 23.0 Å². The molecule has 0 saturated carbocycles. The molecule has 0 amide bonds. The van der Waals surface area contributed by atoms with Crippen molar-refractivity contribution in [3.63, 3.8) is 0 Å². The van der Waals surface area contributed by atoms with Crippen molar-refractivity contribution in [3.8, 4) is 28.1 Å². The Balaban J connectivity index is 1.85. The maximum absolute atomic E-state index is 13.4. The lowest BCUT2D eigenvalue weighted by Gasteiger charge is -2.25. The summed E-state index contributed by atoms with van der Waals surface area (Å²) >= 11 is 0. The van der Waals surface area contributed by atoms with E-state index in [0.29, 0.717) is 22.3 Å². The number of rotatable bonds is 8. The van der Waals surface area contributed by atoms with Crippen LogP contribution in [-0.2, 0) is 16.9 Å². The Morgan fingerprint density at radius 1 is 1.02 bits per heavy atom. The summed E-state index contributed by atoms with van der Waals surface area (Å²) < 4.78 is 94.1. The molecule has 0 fully saturated rings. The zero-order valence-corrected chi connectivity index (χ0v) is 22.4. The molecule has 0 saturated heterocycles. The highest BCUT2D eigenvalue weighted by atomic mass is 32.2. The van der Waals surface area contributed by atoms with Gasteiger partial charge in [0.2, 0.25) is 0 Å². The highest BCUT2D eigenvalue weighted by molar-refractivity contribution is 7.90. The van der Waals surface area contributed by atoms with Gasteiger partial charge < -0.3 is 10.5 Å². The predicted octanol–water partition coefficient (Wildman–Crippen LogP) is 5.63. The SMILES string of the molecule is Cn1nc(C(F)F)cc1-c1ccc(-c2cccc(S(C)(=O)=O)c2)cc1N(N)/C(=C\N)c1ccc(OC(F)(F)F)cc1. The van der Waals surface area contributed by atoms with E-state index in [-0.39, 0.29) is 22.0 Å². The van der Waals surface area contributed by atoms with Crippen molar-refractivity contribution in [2.24, 2.45) is 18.6 Å². The van der Waals surface area contributed by atoms with Gasteiger partial charge in [0.15, 0.2) is 9.84 Å². The topological polar surface area (TPSA) is 116 Å². The van der Waals surface area contributed by atoms with Crippen LogP contribution in [0.15, 0.2) is 83.9 Å². The summed E-state index contributed by atoms with van der Waals surface area (Å²) in [6.07, 6.45) is -5.50. The van der Waals surface area contributed by atoms with Crippen LogP contribution < -0.4 is 21.3 Å². The number of halogens is 5. The van der Waals surface area contributed by atoms with E-state index >= 15 is 0 Å². The maximum atomic E-state index is 13.4. The first-order valence-electron chi connectivity index (χ1n) is 11.8. The van der Waals surface area contributed by atoms with Gasteiger partial charge >= 0.3 is 6.36 Å².